The average Bonchev–Trinajstić information content (AvgIpc) is 2.95. The van der Waals surface area contributed by atoms with Crippen LogP contribution in [0.1, 0.15) is 57.8 Å². The zero-order valence-corrected chi connectivity index (χ0v) is 12.4. The Kier molecular flexibility index (Phi) is 5.78. The van der Waals surface area contributed by atoms with Crippen LogP contribution in [0, 0.1) is 0 Å². The molecule has 1 saturated heterocycles. The lowest BCUT2D eigenvalue weighted by Gasteiger charge is -2.23. The zero-order chi connectivity index (χ0) is 12.0. The molecule has 1 heterocycles. The van der Waals surface area contributed by atoms with Crippen LogP contribution in [0.2, 0.25) is 0 Å². The van der Waals surface area contributed by atoms with Crippen LogP contribution >= 0.6 is 15.9 Å². The van der Waals surface area contributed by atoms with Crippen molar-refractivity contribution in [2.45, 2.75) is 69.5 Å². The topological polar surface area (TPSA) is 21.3 Å². The van der Waals surface area contributed by atoms with Crippen molar-refractivity contribution in [1.82, 2.24) is 5.32 Å². The molecule has 0 radical (unpaired) electrons. The van der Waals surface area contributed by atoms with E-state index in [1.165, 1.54) is 57.8 Å². The van der Waals surface area contributed by atoms with Gasteiger partial charge in [0.2, 0.25) is 0 Å². The Balaban J connectivity index is 1.52. The molecule has 3 heteroatoms. The summed E-state index contributed by atoms with van der Waals surface area (Å²) in [7, 11) is 0. The second kappa shape index (κ2) is 7.10. The summed E-state index contributed by atoms with van der Waals surface area (Å²) in [6.45, 7) is 2.22. The number of ether oxygens (including phenoxy) is 1. The molecule has 1 aliphatic carbocycles. The lowest BCUT2D eigenvalue weighted by atomic mass is 9.98. The normalized spacial score (nSPS) is 27.0. The minimum atomic E-state index is 0.308. The highest BCUT2D eigenvalue weighted by atomic mass is 79.9. The molecule has 100 valence electrons. The van der Waals surface area contributed by atoms with Crippen LogP contribution in [-0.2, 0) is 4.74 Å². The molecule has 2 nitrogen and oxygen atoms in total. The van der Waals surface area contributed by atoms with E-state index < -0.39 is 0 Å². The number of hydrogen-bond donors (Lipinski definition) is 1. The standard InChI is InChI=1S/C14H26BrNO/c15-10-4-1-5-11-16-12-13-6-9-14(17-13)7-2-3-8-14/h13,16H,1-12H2. The van der Waals surface area contributed by atoms with Crippen LogP contribution in [0.15, 0.2) is 0 Å². The monoisotopic (exact) mass is 303 g/mol. The fourth-order valence-corrected chi connectivity index (χ4v) is 3.61. The summed E-state index contributed by atoms with van der Waals surface area (Å²) in [6.07, 6.45) is 12.4. The highest BCUT2D eigenvalue weighted by Gasteiger charge is 2.41. The Morgan fingerprint density at radius 2 is 1.94 bits per heavy atom. The lowest BCUT2D eigenvalue weighted by Crippen LogP contribution is -2.31. The molecule has 1 unspecified atom stereocenters. The Bertz CT molecular complexity index is 216. The van der Waals surface area contributed by atoms with Gasteiger partial charge in [0.25, 0.3) is 0 Å². The summed E-state index contributed by atoms with van der Waals surface area (Å²) < 4.78 is 6.27. The van der Waals surface area contributed by atoms with Gasteiger partial charge in [-0.2, -0.15) is 0 Å². The highest BCUT2D eigenvalue weighted by molar-refractivity contribution is 9.09. The van der Waals surface area contributed by atoms with Crippen molar-refractivity contribution >= 4 is 15.9 Å². The minimum absolute atomic E-state index is 0.308. The first kappa shape index (κ1) is 13.8. The molecule has 0 aromatic rings. The molecular formula is C14H26BrNO. The Morgan fingerprint density at radius 3 is 2.71 bits per heavy atom. The molecule has 0 bridgehead atoms. The van der Waals surface area contributed by atoms with E-state index >= 15 is 0 Å². The van der Waals surface area contributed by atoms with Crippen LogP contribution in [0.3, 0.4) is 0 Å². The maximum absolute atomic E-state index is 6.27. The SMILES string of the molecule is BrCCCCCNCC1CCC2(CCCC2)O1. The van der Waals surface area contributed by atoms with Crippen LogP contribution in [0.4, 0.5) is 0 Å². The van der Waals surface area contributed by atoms with Gasteiger partial charge in [-0.15, -0.1) is 0 Å². The number of unbranched alkanes of at least 4 members (excludes halogenated alkanes) is 2. The van der Waals surface area contributed by atoms with Crippen LogP contribution in [-0.4, -0.2) is 30.1 Å². The summed E-state index contributed by atoms with van der Waals surface area (Å²) >= 11 is 3.47. The van der Waals surface area contributed by atoms with Crippen LogP contribution < -0.4 is 5.32 Å². The fourth-order valence-electron chi connectivity index (χ4n) is 3.21. The number of alkyl halides is 1. The van der Waals surface area contributed by atoms with Gasteiger partial charge in [0.1, 0.15) is 0 Å². The number of hydrogen-bond acceptors (Lipinski definition) is 2. The van der Waals surface area contributed by atoms with Crippen molar-refractivity contribution in [1.29, 1.82) is 0 Å². The van der Waals surface area contributed by atoms with Gasteiger partial charge >= 0.3 is 0 Å². The quantitative estimate of drug-likeness (QED) is 0.573. The molecule has 1 spiro atoms. The third kappa shape index (κ3) is 4.22. The summed E-state index contributed by atoms with van der Waals surface area (Å²) in [5.74, 6) is 0. The molecule has 0 amide bonds. The van der Waals surface area contributed by atoms with Gasteiger partial charge in [-0.3, -0.25) is 0 Å². The smallest absolute Gasteiger partial charge is 0.0708 e. The first-order valence-electron chi connectivity index (χ1n) is 7.29. The van der Waals surface area contributed by atoms with Gasteiger partial charge in [-0.05, 0) is 45.1 Å². The molecule has 0 aromatic heterocycles. The molecule has 1 atom stereocenters. The number of rotatable bonds is 7. The Morgan fingerprint density at radius 1 is 1.12 bits per heavy atom. The van der Waals surface area contributed by atoms with E-state index in [0.717, 1.165) is 18.4 Å². The first-order valence-corrected chi connectivity index (χ1v) is 8.41. The van der Waals surface area contributed by atoms with Crippen molar-refractivity contribution in [3.05, 3.63) is 0 Å². The summed E-state index contributed by atoms with van der Waals surface area (Å²) in [5, 5.41) is 4.69. The zero-order valence-electron chi connectivity index (χ0n) is 10.8. The molecular weight excluding hydrogens is 278 g/mol. The predicted molar refractivity (Wildman–Crippen MR) is 75.8 cm³/mol. The van der Waals surface area contributed by atoms with E-state index in [2.05, 4.69) is 21.2 Å². The van der Waals surface area contributed by atoms with Gasteiger partial charge in [-0.1, -0.05) is 35.2 Å². The van der Waals surface area contributed by atoms with Gasteiger partial charge in [0.05, 0.1) is 11.7 Å². The molecule has 1 aliphatic heterocycles. The third-order valence-electron chi connectivity index (χ3n) is 4.21. The molecule has 2 fully saturated rings. The van der Waals surface area contributed by atoms with Gasteiger partial charge in [0, 0.05) is 11.9 Å². The largest absolute Gasteiger partial charge is 0.370 e. The predicted octanol–water partition coefficient (Wildman–Crippen LogP) is 3.63. The molecule has 1 N–H and O–H groups in total. The summed E-state index contributed by atoms with van der Waals surface area (Å²) in [5.41, 5.74) is 0.308. The van der Waals surface area contributed by atoms with E-state index in [-0.39, 0.29) is 0 Å². The second-order valence-corrected chi connectivity index (χ2v) is 6.42. The highest BCUT2D eigenvalue weighted by Crippen LogP contribution is 2.43. The van der Waals surface area contributed by atoms with E-state index in [4.69, 9.17) is 4.74 Å². The van der Waals surface area contributed by atoms with Gasteiger partial charge in [-0.25, -0.2) is 0 Å². The second-order valence-electron chi connectivity index (χ2n) is 5.62. The average molecular weight is 304 g/mol. The molecule has 17 heavy (non-hydrogen) atoms. The molecule has 2 rings (SSSR count). The number of nitrogens with one attached hydrogen (secondary N) is 1. The van der Waals surface area contributed by atoms with Gasteiger partial charge < -0.3 is 10.1 Å². The lowest BCUT2D eigenvalue weighted by molar-refractivity contribution is -0.0350. The van der Waals surface area contributed by atoms with Gasteiger partial charge in [0.15, 0.2) is 0 Å². The van der Waals surface area contributed by atoms with Crippen molar-refractivity contribution in [2.24, 2.45) is 0 Å². The molecule has 1 saturated carbocycles. The van der Waals surface area contributed by atoms with Crippen molar-refractivity contribution < 1.29 is 4.74 Å². The maximum Gasteiger partial charge on any atom is 0.0708 e. The van der Waals surface area contributed by atoms with Crippen molar-refractivity contribution in [2.75, 3.05) is 18.4 Å². The maximum atomic E-state index is 6.27. The third-order valence-corrected chi connectivity index (χ3v) is 4.77. The number of halogens is 1. The first-order chi connectivity index (χ1) is 8.35. The van der Waals surface area contributed by atoms with Crippen molar-refractivity contribution in [3.8, 4) is 0 Å². The summed E-state index contributed by atoms with van der Waals surface area (Å²) in [4.78, 5) is 0. The van der Waals surface area contributed by atoms with Crippen LogP contribution in [0.25, 0.3) is 0 Å². The molecule has 0 aromatic carbocycles. The van der Waals surface area contributed by atoms with E-state index in [9.17, 15) is 0 Å². The summed E-state index contributed by atoms with van der Waals surface area (Å²) in [6, 6.07) is 0. The fraction of sp³-hybridized carbons (Fsp3) is 1.00. The van der Waals surface area contributed by atoms with E-state index in [0.29, 0.717) is 11.7 Å². The van der Waals surface area contributed by atoms with Crippen molar-refractivity contribution in [3.63, 3.8) is 0 Å². The Labute approximate surface area is 114 Å². The van der Waals surface area contributed by atoms with E-state index in [1.54, 1.807) is 0 Å². The van der Waals surface area contributed by atoms with E-state index in [1.807, 2.05) is 0 Å². The minimum Gasteiger partial charge on any atom is -0.370 e. The molecule has 2 aliphatic rings. The Hall–Kier alpha value is 0.400. The van der Waals surface area contributed by atoms with Crippen LogP contribution in [0.5, 0.6) is 0 Å².